The van der Waals surface area contributed by atoms with Crippen molar-refractivity contribution < 1.29 is 19.4 Å². The largest absolute Gasteiger partial charge is 0.481 e. The van der Waals surface area contributed by atoms with Crippen molar-refractivity contribution in [2.75, 3.05) is 13.2 Å². The number of rotatable bonds is 9. The lowest BCUT2D eigenvalue weighted by Gasteiger charge is -2.05. The number of hydrogen-bond donors (Lipinski definition) is 2. The summed E-state index contributed by atoms with van der Waals surface area (Å²) in [5, 5.41) is 12.2. The van der Waals surface area contributed by atoms with Crippen LogP contribution in [0.25, 0.3) is 10.2 Å². The smallest absolute Gasteiger partial charge is 0.303 e. The van der Waals surface area contributed by atoms with E-state index in [1.165, 1.54) is 17.7 Å². The number of amides is 1. The molecule has 0 atom stereocenters. The average Bonchev–Trinajstić information content (AvgIpc) is 2.89. The summed E-state index contributed by atoms with van der Waals surface area (Å²) in [4.78, 5) is 32.5. The third-order valence-electron chi connectivity index (χ3n) is 3.53. The van der Waals surface area contributed by atoms with Gasteiger partial charge in [0, 0.05) is 13.0 Å². The number of nitrogens with zero attached hydrogens (tertiary/aromatic N) is 2. The molecule has 2 aromatic heterocycles. The zero-order chi connectivity index (χ0) is 17.5. The summed E-state index contributed by atoms with van der Waals surface area (Å²) >= 11 is 1.32. The zero-order valence-electron chi connectivity index (χ0n) is 13.8. The van der Waals surface area contributed by atoms with Crippen LogP contribution in [0.4, 0.5) is 0 Å². The Bertz CT molecular complexity index is 729. The molecule has 7 nitrogen and oxygen atoms in total. The van der Waals surface area contributed by atoms with Crippen LogP contribution in [0.5, 0.6) is 5.88 Å². The molecule has 2 heterocycles. The molecule has 0 unspecified atom stereocenters. The number of hydrogen-bond acceptors (Lipinski definition) is 6. The third kappa shape index (κ3) is 4.41. The van der Waals surface area contributed by atoms with Gasteiger partial charge in [-0.25, -0.2) is 9.97 Å². The van der Waals surface area contributed by atoms with Gasteiger partial charge in [-0.15, -0.1) is 11.3 Å². The first-order chi connectivity index (χ1) is 11.5. The SMILES string of the molecule is CCOc1ncnc2sc(C(=O)NCCCCCC(=O)O)c(C)c12. The van der Waals surface area contributed by atoms with E-state index in [9.17, 15) is 9.59 Å². The minimum atomic E-state index is -0.786. The number of aryl methyl sites for hydroxylation is 1. The number of carboxylic acid groups (broad SMARTS) is 1. The molecular formula is C16H21N3O4S. The fraction of sp³-hybridized carbons (Fsp3) is 0.500. The molecule has 0 aliphatic heterocycles. The Hall–Kier alpha value is -2.22. The number of nitrogens with one attached hydrogen (secondary N) is 1. The lowest BCUT2D eigenvalue weighted by molar-refractivity contribution is -0.137. The van der Waals surface area contributed by atoms with Crippen LogP contribution < -0.4 is 10.1 Å². The molecule has 0 fully saturated rings. The molecule has 2 N–H and O–H groups in total. The number of fused-ring (bicyclic) bond motifs is 1. The monoisotopic (exact) mass is 351 g/mol. The number of ether oxygens (including phenoxy) is 1. The van der Waals surface area contributed by atoms with Crippen LogP contribution in [-0.2, 0) is 4.79 Å². The van der Waals surface area contributed by atoms with Crippen LogP contribution in [0.15, 0.2) is 6.33 Å². The second-order valence-corrected chi connectivity index (χ2v) is 6.31. The molecule has 1 amide bonds. The average molecular weight is 351 g/mol. The summed E-state index contributed by atoms with van der Waals surface area (Å²) in [7, 11) is 0. The van der Waals surface area contributed by atoms with Crippen molar-refractivity contribution in [2.45, 2.75) is 39.5 Å². The maximum Gasteiger partial charge on any atom is 0.303 e. The lowest BCUT2D eigenvalue weighted by atomic mass is 10.2. The van der Waals surface area contributed by atoms with Crippen LogP contribution in [0, 0.1) is 6.92 Å². The Balaban J connectivity index is 1.98. The van der Waals surface area contributed by atoms with Crippen molar-refractivity contribution in [1.82, 2.24) is 15.3 Å². The minimum Gasteiger partial charge on any atom is -0.481 e. The van der Waals surface area contributed by atoms with Gasteiger partial charge in [-0.1, -0.05) is 6.42 Å². The van der Waals surface area contributed by atoms with E-state index in [1.807, 2.05) is 13.8 Å². The number of aromatic nitrogens is 2. The van der Waals surface area contributed by atoms with Gasteiger partial charge >= 0.3 is 5.97 Å². The molecule has 130 valence electrons. The number of carbonyl (C=O) groups excluding carboxylic acids is 1. The highest BCUT2D eigenvalue weighted by molar-refractivity contribution is 7.20. The summed E-state index contributed by atoms with van der Waals surface area (Å²) in [5.41, 5.74) is 0.822. The number of carboxylic acids is 1. The topological polar surface area (TPSA) is 101 Å². The normalized spacial score (nSPS) is 10.8. The van der Waals surface area contributed by atoms with E-state index >= 15 is 0 Å². The van der Waals surface area contributed by atoms with E-state index in [1.54, 1.807) is 0 Å². The first kappa shape index (κ1) is 18.1. The molecule has 0 saturated heterocycles. The van der Waals surface area contributed by atoms with Crippen LogP contribution in [-0.4, -0.2) is 40.1 Å². The highest BCUT2D eigenvalue weighted by Crippen LogP contribution is 2.34. The van der Waals surface area contributed by atoms with Gasteiger partial charge in [-0.05, 0) is 32.3 Å². The van der Waals surface area contributed by atoms with Crippen molar-refractivity contribution >= 4 is 33.4 Å². The van der Waals surface area contributed by atoms with Gasteiger partial charge < -0.3 is 15.2 Å². The summed E-state index contributed by atoms with van der Waals surface area (Å²) < 4.78 is 5.51. The standard InChI is InChI=1S/C16H21N3O4S/c1-3-23-15-12-10(2)13(24-16(12)19-9-18-15)14(22)17-8-6-4-5-7-11(20)21/h9H,3-8H2,1-2H3,(H,17,22)(H,20,21). The molecule has 0 spiro atoms. The Morgan fingerprint density at radius 1 is 1.29 bits per heavy atom. The van der Waals surface area contributed by atoms with E-state index in [-0.39, 0.29) is 12.3 Å². The Morgan fingerprint density at radius 2 is 2.08 bits per heavy atom. The second kappa shape index (κ2) is 8.58. The highest BCUT2D eigenvalue weighted by Gasteiger charge is 2.19. The molecule has 0 saturated carbocycles. The fourth-order valence-electron chi connectivity index (χ4n) is 2.36. The molecule has 0 aliphatic carbocycles. The van der Waals surface area contributed by atoms with Crippen LogP contribution in [0.1, 0.15) is 47.8 Å². The van der Waals surface area contributed by atoms with E-state index in [0.29, 0.717) is 30.3 Å². The molecule has 0 bridgehead atoms. The zero-order valence-corrected chi connectivity index (χ0v) is 14.6. The Kier molecular flexibility index (Phi) is 6.48. The number of thiophene rings is 1. The van der Waals surface area contributed by atoms with Crippen molar-refractivity contribution in [1.29, 1.82) is 0 Å². The summed E-state index contributed by atoms with van der Waals surface area (Å²) in [6.07, 6.45) is 3.76. The number of carbonyl (C=O) groups is 2. The lowest BCUT2D eigenvalue weighted by Crippen LogP contribution is -2.24. The van der Waals surface area contributed by atoms with Crippen LogP contribution >= 0.6 is 11.3 Å². The fourth-order valence-corrected chi connectivity index (χ4v) is 3.42. The quantitative estimate of drug-likeness (QED) is 0.674. The summed E-state index contributed by atoms with van der Waals surface area (Å²) in [6.45, 7) is 4.77. The summed E-state index contributed by atoms with van der Waals surface area (Å²) in [5.74, 6) is -0.425. The molecule has 0 aliphatic rings. The van der Waals surface area contributed by atoms with Gasteiger partial charge in [0.25, 0.3) is 5.91 Å². The molecule has 2 aromatic rings. The van der Waals surface area contributed by atoms with Crippen molar-refractivity contribution in [2.24, 2.45) is 0 Å². The molecule has 0 aromatic carbocycles. The Morgan fingerprint density at radius 3 is 2.79 bits per heavy atom. The van der Waals surface area contributed by atoms with Crippen molar-refractivity contribution in [3.05, 3.63) is 16.8 Å². The Labute approximate surface area is 144 Å². The van der Waals surface area contributed by atoms with Crippen molar-refractivity contribution in [3.8, 4) is 5.88 Å². The molecule has 2 rings (SSSR count). The number of unbranched alkanes of at least 4 members (excludes halogenated alkanes) is 2. The molecule has 8 heteroatoms. The first-order valence-electron chi connectivity index (χ1n) is 7.91. The van der Waals surface area contributed by atoms with E-state index in [4.69, 9.17) is 9.84 Å². The minimum absolute atomic E-state index is 0.142. The van der Waals surface area contributed by atoms with Gasteiger partial charge in [-0.2, -0.15) is 0 Å². The van der Waals surface area contributed by atoms with Crippen LogP contribution in [0.3, 0.4) is 0 Å². The van der Waals surface area contributed by atoms with Gasteiger partial charge in [0.1, 0.15) is 11.2 Å². The van der Waals surface area contributed by atoms with Gasteiger partial charge in [0.05, 0.1) is 16.9 Å². The van der Waals surface area contributed by atoms with Gasteiger partial charge in [0.2, 0.25) is 5.88 Å². The molecule has 0 radical (unpaired) electrons. The van der Waals surface area contributed by atoms with Gasteiger partial charge in [0.15, 0.2) is 0 Å². The first-order valence-corrected chi connectivity index (χ1v) is 8.73. The van der Waals surface area contributed by atoms with Gasteiger partial charge in [-0.3, -0.25) is 9.59 Å². The van der Waals surface area contributed by atoms with E-state index in [2.05, 4.69) is 15.3 Å². The maximum atomic E-state index is 12.4. The predicted octanol–water partition coefficient (Wildman–Crippen LogP) is 2.77. The van der Waals surface area contributed by atoms with E-state index < -0.39 is 5.97 Å². The summed E-state index contributed by atoms with van der Waals surface area (Å²) in [6, 6.07) is 0. The molecular weight excluding hydrogens is 330 g/mol. The molecule has 24 heavy (non-hydrogen) atoms. The third-order valence-corrected chi connectivity index (χ3v) is 4.73. The van der Waals surface area contributed by atoms with Crippen LogP contribution in [0.2, 0.25) is 0 Å². The maximum absolute atomic E-state index is 12.4. The van der Waals surface area contributed by atoms with E-state index in [0.717, 1.165) is 28.6 Å². The predicted molar refractivity (Wildman–Crippen MR) is 91.8 cm³/mol. The second-order valence-electron chi connectivity index (χ2n) is 5.31. The number of aliphatic carboxylic acids is 1. The van der Waals surface area contributed by atoms with Crippen molar-refractivity contribution in [3.63, 3.8) is 0 Å². The highest BCUT2D eigenvalue weighted by atomic mass is 32.1.